The molecule has 1 fully saturated rings. The fourth-order valence-corrected chi connectivity index (χ4v) is 4.34. The standard InChI is InChI=1S/C24H30F2O/c1-2-3-4-5-17-6-8-18(9-7-17)19-10-12-20(13-11-19)22-15-14-21(16-27)23(25)24(22)26/h10-15,17-18,27H,2-9,16H2,1H3. The van der Waals surface area contributed by atoms with E-state index < -0.39 is 18.2 Å². The van der Waals surface area contributed by atoms with Gasteiger partial charge in [-0.15, -0.1) is 0 Å². The first-order chi connectivity index (χ1) is 13.1. The summed E-state index contributed by atoms with van der Waals surface area (Å²) in [4.78, 5) is 0. The van der Waals surface area contributed by atoms with Crippen LogP contribution in [0.1, 0.15) is 75.3 Å². The SMILES string of the molecule is CCCCCC1CCC(c2ccc(-c3ccc(CO)c(F)c3F)cc2)CC1. The average Bonchev–Trinajstić information content (AvgIpc) is 2.71. The van der Waals surface area contributed by atoms with Crippen molar-refractivity contribution in [2.24, 2.45) is 5.92 Å². The Morgan fingerprint density at radius 2 is 1.59 bits per heavy atom. The Morgan fingerprint density at radius 1 is 0.889 bits per heavy atom. The van der Waals surface area contributed by atoms with Gasteiger partial charge in [0.2, 0.25) is 0 Å². The second-order valence-electron chi connectivity index (χ2n) is 7.89. The largest absolute Gasteiger partial charge is 0.392 e. The maximum absolute atomic E-state index is 14.3. The number of aliphatic hydroxyl groups is 1. The van der Waals surface area contributed by atoms with Crippen LogP contribution >= 0.6 is 0 Å². The van der Waals surface area contributed by atoms with Crippen molar-refractivity contribution < 1.29 is 13.9 Å². The summed E-state index contributed by atoms with van der Waals surface area (Å²) < 4.78 is 28.2. The lowest BCUT2D eigenvalue weighted by Gasteiger charge is -2.29. The average molecular weight is 372 g/mol. The van der Waals surface area contributed by atoms with Crippen LogP contribution in [-0.4, -0.2) is 5.11 Å². The van der Waals surface area contributed by atoms with Gasteiger partial charge in [-0.05, 0) is 48.6 Å². The summed E-state index contributed by atoms with van der Waals surface area (Å²) in [5.41, 5.74) is 2.21. The highest BCUT2D eigenvalue weighted by Gasteiger charge is 2.22. The summed E-state index contributed by atoms with van der Waals surface area (Å²) in [5.74, 6) is -0.378. The van der Waals surface area contributed by atoms with E-state index in [0.717, 1.165) is 5.92 Å². The third kappa shape index (κ3) is 4.76. The highest BCUT2D eigenvalue weighted by molar-refractivity contribution is 5.65. The number of halogens is 2. The molecule has 0 aromatic heterocycles. The van der Waals surface area contributed by atoms with Gasteiger partial charge >= 0.3 is 0 Å². The lowest BCUT2D eigenvalue weighted by molar-refractivity contribution is 0.273. The Balaban J connectivity index is 1.64. The van der Waals surface area contributed by atoms with Crippen molar-refractivity contribution in [1.82, 2.24) is 0 Å². The van der Waals surface area contributed by atoms with Crippen LogP contribution in [0, 0.1) is 17.6 Å². The topological polar surface area (TPSA) is 20.2 Å². The smallest absolute Gasteiger partial charge is 0.167 e. The van der Waals surface area contributed by atoms with E-state index in [0.29, 0.717) is 11.5 Å². The van der Waals surface area contributed by atoms with Crippen LogP contribution in [0.25, 0.3) is 11.1 Å². The van der Waals surface area contributed by atoms with E-state index in [4.69, 9.17) is 5.11 Å². The Kier molecular flexibility index (Phi) is 7.01. The summed E-state index contributed by atoms with van der Waals surface area (Å²) in [6.07, 6.45) is 10.4. The molecule has 2 aromatic carbocycles. The molecule has 0 unspecified atom stereocenters. The van der Waals surface area contributed by atoms with Crippen LogP contribution in [0.5, 0.6) is 0 Å². The number of aliphatic hydroxyl groups excluding tert-OH is 1. The van der Waals surface area contributed by atoms with Gasteiger partial charge in [-0.3, -0.25) is 0 Å². The van der Waals surface area contributed by atoms with Gasteiger partial charge < -0.3 is 5.11 Å². The maximum Gasteiger partial charge on any atom is 0.167 e. The van der Waals surface area contributed by atoms with Crippen molar-refractivity contribution >= 4 is 0 Å². The first kappa shape index (κ1) is 20.0. The number of unbranched alkanes of at least 4 members (excludes halogenated alkanes) is 2. The minimum atomic E-state index is -0.958. The molecule has 0 spiro atoms. The first-order valence-corrected chi connectivity index (χ1v) is 10.3. The zero-order chi connectivity index (χ0) is 19.2. The monoisotopic (exact) mass is 372 g/mol. The van der Waals surface area contributed by atoms with Gasteiger partial charge in [0, 0.05) is 11.1 Å². The minimum absolute atomic E-state index is 0.0106. The van der Waals surface area contributed by atoms with Crippen LogP contribution in [0.4, 0.5) is 8.78 Å². The number of rotatable bonds is 7. The lowest BCUT2D eigenvalue weighted by atomic mass is 9.77. The van der Waals surface area contributed by atoms with Gasteiger partial charge in [0.15, 0.2) is 11.6 Å². The summed E-state index contributed by atoms with van der Waals surface area (Å²) >= 11 is 0. The van der Waals surface area contributed by atoms with Crippen molar-refractivity contribution in [3.8, 4) is 11.1 Å². The molecule has 0 atom stereocenters. The second-order valence-corrected chi connectivity index (χ2v) is 7.89. The molecule has 0 amide bonds. The van der Waals surface area contributed by atoms with E-state index in [-0.39, 0.29) is 11.1 Å². The molecule has 3 rings (SSSR count). The third-order valence-electron chi connectivity index (χ3n) is 6.09. The van der Waals surface area contributed by atoms with Gasteiger partial charge in [-0.2, -0.15) is 0 Å². The van der Waals surface area contributed by atoms with Crippen molar-refractivity contribution in [3.63, 3.8) is 0 Å². The molecule has 0 radical (unpaired) electrons. The van der Waals surface area contributed by atoms with Crippen LogP contribution in [0.3, 0.4) is 0 Å². The molecule has 1 aliphatic rings. The second kappa shape index (κ2) is 9.45. The van der Waals surface area contributed by atoms with Crippen LogP contribution < -0.4 is 0 Å². The zero-order valence-corrected chi connectivity index (χ0v) is 16.2. The van der Waals surface area contributed by atoms with E-state index in [2.05, 4.69) is 19.1 Å². The normalized spacial score (nSPS) is 20.0. The predicted octanol–water partition coefficient (Wildman–Crippen LogP) is 6.98. The third-order valence-corrected chi connectivity index (χ3v) is 6.09. The number of benzene rings is 2. The van der Waals surface area contributed by atoms with Gasteiger partial charge in [-0.25, -0.2) is 8.78 Å². The fourth-order valence-electron chi connectivity index (χ4n) is 4.34. The molecule has 0 bridgehead atoms. The molecule has 146 valence electrons. The van der Waals surface area contributed by atoms with E-state index in [1.54, 1.807) is 6.07 Å². The Labute approximate surface area is 161 Å². The molecule has 3 heteroatoms. The molecule has 1 nitrogen and oxygen atoms in total. The van der Waals surface area contributed by atoms with E-state index >= 15 is 0 Å². The fraction of sp³-hybridized carbons (Fsp3) is 0.500. The Bertz CT molecular complexity index is 731. The molecule has 0 heterocycles. The molecule has 1 aliphatic carbocycles. The summed E-state index contributed by atoms with van der Waals surface area (Å²) in [7, 11) is 0. The van der Waals surface area contributed by atoms with Crippen LogP contribution in [0.15, 0.2) is 36.4 Å². The molecule has 1 N–H and O–H groups in total. The van der Waals surface area contributed by atoms with E-state index in [1.807, 2.05) is 12.1 Å². The van der Waals surface area contributed by atoms with E-state index in [9.17, 15) is 8.78 Å². The zero-order valence-electron chi connectivity index (χ0n) is 16.2. The highest BCUT2D eigenvalue weighted by Crippen LogP contribution is 2.38. The molecule has 1 saturated carbocycles. The molecule has 0 aliphatic heterocycles. The van der Waals surface area contributed by atoms with Crippen LogP contribution in [-0.2, 0) is 6.61 Å². The van der Waals surface area contributed by atoms with Gasteiger partial charge in [0.05, 0.1) is 6.61 Å². The van der Waals surface area contributed by atoms with Crippen molar-refractivity contribution in [1.29, 1.82) is 0 Å². The van der Waals surface area contributed by atoms with Crippen molar-refractivity contribution in [2.75, 3.05) is 0 Å². The summed E-state index contributed by atoms with van der Waals surface area (Å²) in [6.45, 7) is 1.75. The molecule has 27 heavy (non-hydrogen) atoms. The summed E-state index contributed by atoms with van der Waals surface area (Å²) in [6, 6.07) is 10.9. The van der Waals surface area contributed by atoms with Crippen molar-refractivity contribution in [3.05, 3.63) is 59.2 Å². The Morgan fingerprint density at radius 3 is 2.22 bits per heavy atom. The predicted molar refractivity (Wildman–Crippen MR) is 107 cm³/mol. The molecule has 0 saturated heterocycles. The first-order valence-electron chi connectivity index (χ1n) is 10.3. The van der Waals surface area contributed by atoms with Crippen molar-refractivity contribution in [2.45, 2.75) is 70.8 Å². The van der Waals surface area contributed by atoms with Gasteiger partial charge in [-0.1, -0.05) is 69.0 Å². The Hall–Kier alpha value is -1.74. The molecular formula is C24H30F2O. The highest BCUT2D eigenvalue weighted by atomic mass is 19.2. The van der Waals surface area contributed by atoms with Gasteiger partial charge in [0.25, 0.3) is 0 Å². The molecular weight excluding hydrogens is 342 g/mol. The molecule has 2 aromatic rings. The maximum atomic E-state index is 14.3. The van der Waals surface area contributed by atoms with Gasteiger partial charge in [0.1, 0.15) is 0 Å². The number of hydrogen-bond donors (Lipinski definition) is 1. The van der Waals surface area contributed by atoms with E-state index in [1.165, 1.54) is 63.0 Å². The minimum Gasteiger partial charge on any atom is -0.392 e. The number of hydrogen-bond acceptors (Lipinski definition) is 1. The summed E-state index contributed by atoms with van der Waals surface area (Å²) in [5, 5.41) is 9.06. The quantitative estimate of drug-likeness (QED) is 0.520. The lowest BCUT2D eigenvalue weighted by Crippen LogP contribution is -2.13. The van der Waals surface area contributed by atoms with Crippen LogP contribution in [0.2, 0.25) is 0 Å².